The molecule has 0 bridgehead atoms. The molecule has 0 saturated carbocycles. The molecule has 0 unspecified atom stereocenters. The Morgan fingerprint density at radius 1 is 1.11 bits per heavy atom. The molecule has 0 spiro atoms. The maximum atomic E-state index is 12.7. The molecule has 1 amide bonds. The van der Waals surface area contributed by atoms with Crippen molar-refractivity contribution in [1.82, 2.24) is 10.6 Å². The summed E-state index contributed by atoms with van der Waals surface area (Å²) in [5.74, 6) is 0.282. The summed E-state index contributed by atoms with van der Waals surface area (Å²) in [5.41, 5.74) is 2.77. The fourth-order valence-electron chi connectivity index (χ4n) is 2.62. The number of benzene rings is 2. The van der Waals surface area contributed by atoms with Gasteiger partial charge in [-0.25, -0.2) is 0 Å². The normalized spacial score (nSPS) is 10.4. The average Bonchev–Trinajstić information content (AvgIpc) is 2.68. The van der Waals surface area contributed by atoms with Crippen LogP contribution < -0.4 is 15.4 Å². The van der Waals surface area contributed by atoms with Crippen molar-refractivity contribution >= 4 is 39.2 Å². The number of aryl methyl sites for hydroxylation is 1. The number of unbranched alkanes of at least 4 members (excludes halogenated alkanes) is 3. The Bertz CT molecular complexity index is 794. The summed E-state index contributed by atoms with van der Waals surface area (Å²) < 4.78 is 6.65. The van der Waals surface area contributed by atoms with Crippen LogP contribution in [0.4, 0.5) is 0 Å². The molecule has 2 aromatic carbocycles. The van der Waals surface area contributed by atoms with Crippen LogP contribution in [0.15, 0.2) is 46.9 Å². The second-order valence-corrected chi connectivity index (χ2v) is 8.00. The van der Waals surface area contributed by atoms with E-state index >= 15 is 0 Å². The number of rotatable bonds is 9. The monoisotopic (exact) mass is 462 g/mol. The van der Waals surface area contributed by atoms with E-state index in [-0.39, 0.29) is 5.91 Å². The van der Waals surface area contributed by atoms with Crippen molar-refractivity contribution in [3.63, 3.8) is 0 Å². The van der Waals surface area contributed by atoms with E-state index in [0.717, 1.165) is 22.9 Å². The highest BCUT2D eigenvalue weighted by molar-refractivity contribution is 9.10. The molecule has 0 saturated heterocycles. The molecule has 28 heavy (non-hydrogen) atoms. The number of amides is 1. The van der Waals surface area contributed by atoms with Gasteiger partial charge < -0.3 is 10.1 Å². The molecule has 150 valence electrons. The second kappa shape index (κ2) is 11.8. The number of carbonyl (C=O) groups is 1. The summed E-state index contributed by atoms with van der Waals surface area (Å²) in [4.78, 5) is 12.7. The summed E-state index contributed by atoms with van der Waals surface area (Å²) in [6, 6.07) is 13.6. The van der Waals surface area contributed by atoms with Crippen LogP contribution in [-0.2, 0) is 6.54 Å². The maximum absolute atomic E-state index is 12.7. The van der Waals surface area contributed by atoms with Crippen LogP contribution in [0, 0.1) is 6.92 Å². The van der Waals surface area contributed by atoms with E-state index in [1.54, 1.807) is 6.07 Å². The first kappa shape index (κ1) is 22.4. The quantitative estimate of drug-likeness (QED) is 0.380. The number of halogens is 1. The van der Waals surface area contributed by atoms with Crippen LogP contribution >= 0.6 is 28.1 Å². The van der Waals surface area contributed by atoms with Gasteiger partial charge in [0.2, 0.25) is 0 Å². The summed E-state index contributed by atoms with van der Waals surface area (Å²) in [7, 11) is 0. The number of carbonyl (C=O) groups excluding carboxylic acids is 1. The van der Waals surface area contributed by atoms with E-state index in [4.69, 9.17) is 17.0 Å². The van der Waals surface area contributed by atoms with Crippen LogP contribution in [0.3, 0.4) is 0 Å². The minimum absolute atomic E-state index is 0.286. The van der Waals surface area contributed by atoms with E-state index in [2.05, 4.69) is 33.5 Å². The van der Waals surface area contributed by atoms with Crippen LogP contribution in [0.25, 0.3) is 0 Å². The zero-order valence-corrected chi connectivity index (χ0v) is 18.8. The standard InChI is InChI=1S/C22H27BrN2O2S/c1-3-4-5-6-13-27-20-12-11-18(23)14-19(20)21(26)25-22(28)24-15-17-9-7-16(2)8-10-17/h7-12,14H,3-6,13,15H2,1-2H3,(H2,24,25,26,28). The molecule has 0 fully saturated rings. The minimum atomic E-state index is -0.286. The predicted octanol–water partition coefficient (Wildman–Crippen LogP) is 5.52. The number of hydrogen-bond donors (Lipinski definition) is 2. The third kappa shape index (κ3) is 7.60. The summed E-state index contributed by atoms with van der Waals surface area (Å²) in [6.07, 6.45) is 4.47. The van der Waals surface area contributed by atoms with Crippen molar-refractivity contribution < 1.29 is 9.53 Å². The molecule has 2 aromatic rings. The van der Waals surface area contributed by atoms with Gasteiger partial charge >= 0.3 is 0 Å². The Morgan fingerprint density at radius 2 is 1.86 bits per heavy atom. The van der Waals surface area contributed by atoms with Gasteiger partial charge in [0.05, 0.1) is 12.2 Å². The van der Waals surface area contributed by atoms with E-state index in [1.165, 1.54) is 18.4 Å². The molecule has 0 radical (unpaired) electrons. The Hall–Kier alpha value is -1.92. The van der Waals surface area contributed by atoms with Gasteiger partial charge in [-0.15, -0.1) is 0 Å². The predicted molar refractivity (Wildman–Crippen MR) is 122 cm³/mol. The van der Waals surface area contributed by atoms with E-state index in [9.17, 15) is 4.79 Å². The number of ether oxygens (including phenoxy) is 1. The van der Waals surface area contributed by atoms with Crippen LogP contribution in [0.5, 0.6) is 5.75 Å². The molecule has 4 nitrogen and oxygen atoms in total. The molecular formula is C22H27BrN2O2S. The summed E-state index contributed by atoms with van der Waals surface area (Å²) in [6.45, 7) is 5.37. The fraction of sp³-hybridized carbons (Fsp3) is 0.364. The Kier molecular flexibility index (Phi) is 9.44. The molecule has 2 rings (SSSR count). The van der Waals surface area contributed by atoms with E-state index < -0.39 is 0 Å². The third-order valence-electron chi connectivity index (χ3n) is 4.24. The highest BCUT2D eigenvalue weighted by Crippen LogP contribution is 2.23. The SMILES string of the molecule is CCCCCCOc1ccc(Br)cc1C(=O)NC(=S)NCc1ccc(C)cc1. The van der Waals surface area contributed by atoms with Crippen LogP contribution in [0.1, 0.15) is 54.1 Å². The van der Waals surface area contributed by atoms with Crippen LogP contribution in [0.2, 0.25) is 0 Å². The molecule has 0 aliphatic carbocycles. The largest absolute Gasteiger partial charge is 0.493 e. The lowest BCUT2D eigenvalue weighted by molar-refractivity contribution is 0.0972. The van der Waals surface area contributed by atoms with Gasteiger partial charge in [-0.2, -0.15) is 0 Å². The number of hydrogen-bond acceptors (Lipinski definition) is 3. The third-order valence-corrected chi connectivity index (χ3v) is 4.98. The van der Waals surface area contributed by atoms with Gasteiger partial charge in [-0.05, 0) is 49.3 Å². The lowest BCUT2D eigenvalue weighted by Crippen LogP contribution is -2.39. The zero-order valence-electron chi connectivity index (χ0n) is 16.4. The summed E-state index contributed by atoms with van der Waals surface area (Å²) >= 11 is 8.69. The Labute approximate surface area is 181 Å². The molecule has 0 aliphatic rings. The molecule has 2 N–H and O–H groups in total. The molecule has 0 heterocycles. The van der Waals surface area contributed by atoms with Crippen molar-refractivity contribution in [3.8, 4) is 5.75 Å². The smallest absolute Gasteiger partial charge is 0.261 e. The zero-order chi connectivity index (χ0) is 20.4. The number of nitrogens with one attached hydrogen (secondary N) is 2. The van der Waals surface area contributed by atoms with E-state index in [1.807, 2.05) is 43.3 Å². The topological polar surface area (TPSA) is 50.4 Å². The first-order valence-electron chi connectivity index (χ1n) is 9.56. The lowest BCUT2D eigenvalue weighted by atomic mass is 10.1. The van der Waals surface area contributed by atoms with Crippen molar-refractivity contribution in [3.05, 3.63) is 63.6 Å². The van der Waals surface area contributed by atoms with Crippen molar-refractivity contribution in [2.24, 2.45) is 0 Å². The molecule has 0 aliphatic heterocycles. The lowest BCUT2D eigenvalue weighted by Gasteiger charge is -2.14. The summed E-state index contributed by atoms with van der Waals surface area (Å²) in [5, 5.41) is 6.09. The Balaban J connectivity index is 1.91. The highest BCUT2D eigenvalue weighted by Gasteiger charge is 2.15. The second-order valence-electron chi connectivity index (χ2n) is 6.67. The fourth-order valence-corrected chi connectivity index (χ4v) is 3.15. The number of thiocarbonyl (C=S) groups is 1. The molecule has 0 aromatic heterocycles. The van der Waals surface area contributed by atoms with Gasteiger partial charge in [0.25, 0.3) is 5.91 Å². The van der Waals surface area contributed by atoms with Gasteiger partial charge in [0.15, 0.2) is 5.11 Å². The van der Waals surface area contributed by atoms with Gasteiger partial charge in [0, 0.05) is 11.0 Å². The van der Waals surface area contributed by atoms with Crippen LogP contribution in [-0.4, -0.2) is 17.6 Å². The van der Waals surface area contributed by atoms with Crippen molar-refractivity contribution in [2.45, 2.75) is 46.1 Å². The van der Waals surface area contributed by atoms with Gasteiger partial charge in [-0.3, -0.25) is 10.1 Å². The van der Waals surface area contributed by atoms with Crippen molar-refractivity contribution in [2.75, 3.05) is 6.61 Å². The van der Waals surface area contributed by atoms with Gasteiger partial charge in [0.1, 0.15) is 5.75 Å². The molecule has 0 atom stereocenters. The Morgan fingerprint density at radius 3 is 2.57 bits per heavy atom. The minimum Gasteiger partial charge on any atom is -0.493 e. The first-order valence-corrected chi connectivity index (χ1v) is 10.8. The van der Waals surface area contributed by atoms with Gasteiger partial charge in [-0.1, -0.05) is 71.9 Å². The van der Waals surface area contributed by atoms with E-state index in [0.29, 0.717) is 29.6 Å². The first-order chi connectivity index (χ1) is 13.5. The average molecular weight is 463 g/mol. The maximum Gasteiger partial charge on any atom is 0.261 e. The molecular weight excluding hydrogens is 436 g/mol. The molecule has 6 heteroatoms. The van der Waals surface area contributed by atoms with Crippen molar-refractivity contribution in [1.29, 1.82) is 0 Å². The highest BCUT2D eigenvalue weighted by atomic mass is 79.9.